The maximum atomic E-state index is 14.0. The highest BCUT2D eigenvalue weighted by Crippen LogP contribution is 2.37. The summed E-state index contributed by atoms with van der Waals surface area (Å²) in [5, 5.41) is 9.46. The molecule has 0 saturated carbocycles. The summed E-state index contributed by atoms with van der Waals surface area (Å²) in [6.07, 6.45) is 0. The van der Waals surface area contributed by atoms with E-state index in [1.807, 2.05) is 6.07 Å². The molecule has 19 heavy (non-hydrogen) atoms. The van der Waals surface area contributed by atoms with Gasteiger partial charge in [0.05, 0.1) is 5.02 Å². The van der Waals surface area contributed by atoms with Crippen molar-refractivity contribution in [1.82, 2.24) is 4.98 Å². The van der Waals surface area contributed by atoms with E-state index in [9.17, 15) is 9.65 Å². The van der Waals surface area contributed by atoms with Crippen LogP contribution in [0.4, 0.5) is 10.2 Å². The molecule has 5 heteroatoms. The fraction of sp³-hybridized carbons (Fsp3) is 0.143. The molecule has 0 fully saturated rings. The number of anilines is 1. The van der Waals surface area contributed by atoms with Crippen molar-refractivity contribution in [3.63, 3.8) is 0 Å². The normalized spacial score (nSPS) is 10.3. The molecule has 0 saturated heterocycles. The largest absolute Gasteiger partial charge is 0.383 e. The molecule has 0 aliphatic heterocycles. The molecule has 0 radical (unpaired) electrons. The van der Waals surface area contributed by atoms with Crippen molar-refractivity contribution in [2.45, 2.75) is 13.8 Å². The van der Waals surface area contributed by atoms with E-state index in [0.717, 1.165) is 0 Å². The van der Waals surface area contributed by atoms with Gasteiger partial charge < -0.3 is 5.73 Å². The van der Waals surface area contributed by atoms with E-state index in [-0.39, 0.29) is 22.0 Å². The third-order valence-electron chi connectivity index (χ3n) is 3.04. The highest BCUT2D eigenvalue weighted by Gasteiger charge is 2.20. The number of nitriles is 1. The Morgan fingerprint density at radius 1 is 1.32 bits per heavy atom. The van der Waals surface area contributed by atoms with Crippen LogP contribution in [0.25, 0.3) is 11.1 Å². The lowest BCUT2D eigenvalue weighted by Crippen LogP contribution is -2.04. The van der Waals surface area contributed by atoms with Crippen molar-refractivity contribution >= 4 is 17.4 Å². The third kappa shape index (κ3) is 2.13. The lowest BCUT2D eigenvalue weighted by Gasteiger charge is -2.14. The molecule has 0 atom stereocenters. The topological polar surface area (TPSA) is 62.7 Å². The molecule has 1 aromatic carbocycles. The Balaban J connectivity index is 2.94. The van der Waals surface area contributed by atoms with Gasteiger partial charge >= 0.3 is 0 Å². The first kappa shape index (κ1) is 13.3. The fourth-order valence-corrected chi connectivity index (χ4v) is 2.24. The summed E-state index contributed by atoms with van der Waals surface area (Å²) in [6.45, 7) is 3.52. The second-order valence-electron chi connectivity index (χ2n) is 4.17. The van der Waals surface area contributed by atoms with Crippen LogP contribution in [-0.2, 0) is 0 Å². The summed E-state index contributed by atoms with van der Waals surface area (Å²) in [6, 6.07) is 6.36. The smallest absolute Gasteiger partial charge is 0.142 e. The predicted octanol–water partition coefficient (Wildman–Crippen LogP) is 3.61. The summed E-state index contributed by atoms with van der Waals surface area (Å²) in [4.78, 5) is 4.08. The van der Waals surface area contributed by atoms with Crippen LogP contribution in [0.2, 0.25) is 5.02 Å². The summed E-state index contributed by atoms with van der Waals surface area (Å²) in [5.74, 6) is -0.406. The maximum Gasteiger partial charge on any atom is 0.142 e. The van der Waals surface area contributed by atoms with Crippen LogP contribution in [0.1, 0.15) is 16.8 Å². The van der Waals surface area contributed by atoms with Crippen LogP contribution in [0.5, 0.6) is 0 Å². The summed E-state index contributed by atoms with van der Waals surface area (Å²) in [5.41, 5.74) is 7.83. The van der Waals surface area contributed by atoms with E-state index >= 15 is 0 Å². The van der Waals surface area contributed by atoms with Crippen molar-refractivity contribution < 1.29 is 4.39 Å². The number of nitrogens with zero attached hydrogens (tertiary/aromatic N) is 2. The Hall–Kier alpha value is -2.12. The maximum absolute atomic E-state index is 14.0. The Kier molecular flexibility index (Phi) is 3.41. The van der Waals surface area contributed by atoms with Crippen LogP contribution < -0.4 is 5.73 Å². The highest BCUT2D eigenvalue weighted by molar-refractivity contribution is 6.33. The standard InChI is InChI=1S/C14H11ClFN3/c1-7-8(2)19-14(18)9(6-17)12(7)13-10(15)4-3-5-11(13)16/h3-5H,1-2H3,(H2,18,19). The van der Waals surface area contributed by atoms with Crippen LogP contribution >= 0.6 is 11.6 Å². The van der Waals surface area contributed by atoms with E-state index < -0.39 is 5.82 Å². The lowest BCUT2D eigenvalue weighted by atomic mass is 9.94. The Bertz CT molecular complexity index is 685. The molecule has 0 spiro atoms. The molecule has 2 rings (SSSR count). The first-order valence-corrected chi connectivity index (χ1v) is 5.96. The summed E-state index contributed by atoms with van der Waals surface area (Å²) in [7, 11) is 0. The SMILES string of the molecule is Cc1nc(N)c(C#N)c(-c2c(F)cccc2Cl)c1C. The molecule has 2 N–H and O–H groups in total. The van der Waals surface area contributed by atoms with Gasteiger partial charge in [-0.1, -0.05) is 17.7 Å². The molecule has 0 bridgehead atoms. The molecule has 3 nitrogen and oxygen atoms in total. The second kappa shape index (κ2) is 4.87. The van der Waals surface area contributed by atoms with Crippen molar-refractivity contribution in [2.75, 3.05) is 5.73 Å². The number of aromatic nitrogens is 1. The van der Waals surface area contributed by atoms with Crippen molar-refractivity contribution in [2.24, 2.45) is 0 Å². The number of hydrogen-bond donors (Lipinski definition) is 1. The van der Waals surface area contributed by atoms with E-state index in [0.29, 0.717) is 16.8 Å². The van der Waals surface area contributed by atoms with E-state index in [4.69, 9.17) is 17.3 Å². The molecule has 0 unspecified atom stereocenters. The Morgan fingerprint density at radius 2 is 2.00 bits per heavy atom. The number of rotatable bonds is 1. The predicted molar refractivity (Wildman–Crippen MR) is 73.2 cm³/mol. The highest BCUT2D eigenvalue weighted by atomic mass is 35.5. The van der Waals surface area contributed by atoms with Crippen LogP contribution in [0, 0.1) is 31.0 Å². The molecule has 1 aromatic heterocycles. The minimum absolute atomic E-state index is 0.0833. The monoisotopic (exact) mass is 275 g/mol. The van der Waals surface area contributed by atoms with Gasteiger partial charge in [-0.15, -0.1) is 0 Å². The van der Waals surface area contributed by atoms with Gasteiger partial charge in [0.15, 0.2) is 0 Å². The first-order valence-electron chi connectivity index (χ1n) is 5.58. The van der Waals surface area contributed by atoms with E-state index in [2.05, 4.69) is 4.98 Å². The minimum atomic E-state index is -0.489. The second-order valence-corrected chi connectivity index (χ2v) is 4.57. The summed E-state index contributed by atoms with van der Waals surface area (Å²) >= 11 is 6.06. The van der Waals surface area contributed by atoms with Gasteiger partial charge in [0.25, 0.3) is 0 Å². The zero-order valence-electron chi connectivity index (χ0n) is 10.5. The van der Waals surface area contributed by atoms with Gasteiger partial charge in [0.2, 0.25) is 0 Å². The quantitative estimate of drug-likeness (QED) is 0.865. The van der Waals surface area contributed by atoms with Gasteiger partial charge in [-0.25, -0.2) is 9.37 Å². The molecule has 1 heterocycles. The van der Waals surface area contributed by atoms with Crippen molar-refractivity contribution in [3.8, 4) is 17.2 Å². The molecular weight excluding hydrogens is 265 g/mol. The zero-order valence-corrected chi connectivity index (χ0v) is 11.2. The first-order chi connectivity index (χ1) is 8.97. The average Bonchev–Trinajstić information content (AvgIpc) is 2.35. The van der Waals surface area contributed by atoms with E-state index in [1.165, 1.54) is 12.1 Å². The Labute approximate surface area is 115 Å². The van der Waals surface area contributed by atoms with Gasteiger partial charge in [0.1, 0.15) is 23.3 Å². The van der Waals surface area contributed by atoms with Gasteiger partial charge in [-0.05, 0) is 31.5 Å². The lowest BCUT2D eigenvalue weighted by molar-refractivity contribution is 0.631. The Morgan fingerprint density at radius 3 is 2.58 bits per heavy atom. The number of hydrogen-bond acceptors (Lipinski definition) is 3. The third-order valence-corrected chi connectivity index (χ3v) is 3.35. The number of benzene rings is 1. The van der Waals surface area contributed by atoms with Crippen molar-refractivity contribution in [1.29, 1.82) is 5.26 Å². The molecule has 96 valence electrons. The van der Waals surface area contributed by atoms with Gasteiger partial charge in [-0.3, -0.25) is 0 Å². The number of aryl methyl sites for hydroxylation is 1. The zero-order chi connectivity index (χ0) is 14.2. The van der Waals surface area contributed by atoms with Crippen LogP contribution in [0.3, 0.4) is 0 Å². The average molecular weight is 276 g/mol. The van der Waals surface area contributed by atoms with E-state index in [1.54, 1.807) is 19.9 Å². The molecular formula is C14H11ClFN3. The fourth-order valence-electron chi connectivity index (χ4n) is 1.98. The van der Waals surface area contributed by atoms with Crippen molar-refractivity contribution in [3.05, 3.63) is 45.9 Å². The van der Waals surface area contributed by atoms with Crippen LogP contribution in [0.15, 0.2) is 18.2 Å². The molecule has 2 aromatic rings. The molecule has 0 amide bonds. The van der Waals surface area contributed by atoms with Gasteiger partial charge in [0, 0.05) is 16.8 Å². The minimum Gasteiger partial charge on any atom is -0.383 e. The number of nitrogens with two attached hydrogens (primary N) is 1. The van der Waals surface area contributed by atoms with Crippen LogP contribution in [-0.4, -0.2) is 4.98 Å². The summed E-state index contributed by atoms with van der Waals surface area (Å²) < 4.78 is 14.0. The number of pyridine rings is 1. The van der Waals surface area contributed by atoms with Gasteiger partial charge in [-0.2, -0.15) is 5.26 Å². The molecule has 0 aliphatic rings. The number of nitrogen functional groups attached to an aromatic ring is 1. The molecule has 0 aliphatic carbocycles. The number of halogens is 2.